The second-order valence-electron chi connectivity index (χ2n) is 7.41. The topological polar surface area (TPSA) is 76.4 Å². The zero-order chi connectivity index (χ0) is 20.5. The lowest BCUT2D eigenvalue weighted by atomic mass is 10.0. The van der Waals surface area contributed by atoms with E-state index in [0.717, 1.165) is 51.1 Å². The summed E-state index contributed by atoms with van der Waals surface area (Å²) in [5.41, 5.74) is 3.73. The number of anilines is 1. The lowest BCUT2D eigenvalue weighted by Gasteiger charge is -2.36. The van der Waals surface area contributed by atoms with E-state index >= 15 is 0 Å². The predicted molar refractivity (Wildman–Crippen MR) is 115 cm³/mol. The second-order valence-corrected chi connectivity index (χ2v) is 7.41. The number of hydrogen-bond acceptors (Lipinski definition) is 5. The Hall–Kier alpha value is -2.86. The van der Waals surface area contributed by atoms with Crippen LogP contribution < -0.4 is 4.90 Å². The van der Waals surface area contributed by atoms with Gasteiger partial charge in [0.1, 0.15) is 0 Å². The number of piperazine rings is 1. The standard InChI is InChI=1S/C23H29N3O3/c27-23(28)13-12-22(24-29)20-10-8-19(9-11-20)5-4-14-25-15-17-26(18-16-25)21-6-2-1-3-7-21/h1-3,6-11,29H,4-5,12-18H2,(H,27,28)/b24-22-. The number of aliphatic carboxylic acids is 1. The van der Waals surface area contributed by atoms with Gasteiger partial charge in [-0.1, -0.05) is 47.6 Å². The van der Waals surface area contributed by atoms with Gasteiger partial charge in [-0.2, -0.15) is 0 Å². The molecule has 2 aromatic carbocycles. The Morgan fingerprint density at radius 2 is 1.62 bits per heavy atom. The molecule has 1 heterocycles. The minimum absolute atomic E-state index is 0.0430. The van der Waals surface area contributed by atoms with Gasteiger partial charge in [-0.25, -0.2) is 0 Å². The van der Waals surface area contributed by atoms with Crippen molar-refractivity contribution in [1.82, 2.24) is 4.90 Å². The van der Waals surface area contributed by atoms with Crippen molar-refractivity contribution < 1.29 is 15.1 Å². The molecule has 0 spiro atoms. The molecule has 154 valence electrons. The Morgan fingerprint density at radius 1 is 0.931 bits per heavy atom. The van der Waals surface area contributed by atoms with Gasteiger partial charge in [-0.15, -0.1) is 0 Å². The average Bonchev–Trinajstić information content (AvgIpc) is 2.76. The molecule has 6 heteroatoms. The van der Waals surface area contributed by atoms with Gasteiger partial charge in [0.15, 0.2) is 0 Å². The van der Waals surface area contributed by atoms with Gasteiger partial charge in [0.05, 0.1) is 12.1 Å². The molecule has 0 unspecified atom stereocenters. The Balaban J connectivity index is 1.40. The zero-order valence-corrected chi connectivity index (χ0v) is 16.7. The Bertz CT molecular complexity index is 798. The normalized spacial score (nSPS) is 15.4. The predicted octanol–water partition coefficient (Wildman–Crippen LogP) is 3.48. The van der Waals surface area contributed by atoms with E-state index < -0.39 is 5.97 Å². The van der Waals surface area contributed by atoms with Crippen molar-refractivity contribution in [2.45, 2.75) is 25.7 Å². The van der Waals surface area contributed by atoms with Crippen LogP contribution in [-0.4, -0.2) is 59.6 Å². The minimum atomic E-state index is -0.896. The van der Waals surface area contributed by atoms with Crippen LogP contribution in [0.25, 0.3) is 0 Å². The Kier molecular flexibility index (Phi) is 7.64. The SMILES string of the molecule is O=C(O)CC/C(=N/O)c1ccc(CCCN2CCN(c3ccccc3)CC2)cc1. The fourth-order valence-corrected chi connectivity index (χ4v) is 3.72. The third kappa shape index (κ3) is 6.32. The molecule has 1 saturated heterocycles. The summed E-state index contributed by atoms with van der Waals surface area (Å²) in [5.74, 6) is -0.896. The van der Waals surface area contributed by atoms with Crippen molar-refractivity contribution in [3.63, 3.8) is 0 Å². The van der Waals surface area contributed by atoms with Crippen LogP contribution in [0.5, 0.6) is 0 Å². The van der Waals surface area contributed by atoms with Crippen molar-refractivity contribution in [2.75, 3.05) is 37.6 Å². The highest BCUT2D eigenvalue weighted by atomic mass is 16.4. The highest BCUT2D eigenvalue weighted by Gasteiger charge is 2.16. The number of oxime groups is 1. The van der Waals surface area contributed by atoms with Crippen LogP contribution in [-0.2, 0) is 11.2 Å². The van der Waals surface area contributed by atoms with Gasteiger partial charge in [-0.05, 0) is 42.6 Å². The van der Waals surface area contributed by atoms with E-state index in [9.17, 15) is 4.79 Å². The highest BCUT2D eigenvalue weighted by Crippen LogP contribution is 2.16. The van der Waals surface area contributed by atoms with E-state index in [2.05, 4.69) is 45.3 Å². The van der Waals surface area contributed by atoms with Crippen LogP contribution in [0, 0.1) is 0 Å². The van der Waals surface area contributed by atoms with Crippen LogP contribution in [0.3, 0.4) is 0 Å². The molecule has 2 aromatic rings. The fourth-order valence-electron chi connectivity index (χ4n) is 3.72. The van der Waals surface area contributed by atoms with Crippen molar-refractivity contribution in [3.8, 4) is 0 Å². The zero-order valence-electron chi connectivity index (χ0n) is 16.7. The smallest absolute Gasteiger partial charge is 0.303 e. The number of rotatable bonds is 9. The Labute approximate surface area is 172 Å². The minimum Gasteiger partial charge on any atom is -0.481 e. The summed E-state index contributed by atoms with van der Waals surface area (Å²) in [4.78, 5) is 15.7. The number of benzene rings is 2. The van der Waals surface area contributed by atoms with Crippen molar-refractivity contribution >= 4 is 17.4 Å². The molecule has 2 N–H and O–H groups in total. The van der Waals surface area contributed by atoms with Crippen molar-refractivity contribution in [3.05, 3.63) is 65.7 Å². The van der Waals surface area contributed by atoms with Gasteiger partial charge in [0.2, 0.25) is 0 Å². The maximum absolute atomic E-state index is 10.7. The summed E-state index contributed by atoms with van der Waals surface area (Å²) in [5, 5.41) is 21.2. The van der Waals surface area contributed by atoms with E-state index in [0.29, 0.717) is 5.71 Å². The first-order valence-corrected chi connectivity index (χ1v) is 10.2. The molecule has 29 heavy (non-hydrogen) atoms. The third-order valence-corrected chi connectivity index (χ3v) is 5.42. The number of carboxylic acid groups (broad SMARTS) is 1. The number of carbonyl (C=O) groups is 1. The number of aryl methyl sites for hydroxylation is 1. The molecule has 1 aliphatic rings. The monoisotopic (exact) mass is 395 g/mol. The van der Waals surface area contributed by atoms with Crippen molar-refractivity contribution in [1.29, 1.82) is 0 Å². The quantitative estimate of drug-likeness (QED) is 0.386. The summed E-state index contributed by atoms with van der Waals surface area (Å²) in [7, 11) is 0. The molecule has 0 aliphatic carbocycles. The molecule has 6 nitrogen and oxygen atoms in total. The summed E-state index contributed by atoms with van der Waals surface area (Å²) in [6.45, 7) is 5.41. The van der Waals surface area contributed by atoms with Gasteiger partial charge in [0.25, 0.3) is 0 Å². The van der Waals surface area contributed by atoms with Crippen LogP contribution in [0.4, 0.5) is 5.69 Å². The summed E-state index contributed by atoms with van der Waals surface area (Å²) < 4.78 is 0. The maximum atomic E-state index is 10.7. The molecule has 1 fully saturated rings. The molecular weight excluding hydrogens is 366 g/mol. The van der Waals surface area contributed by atoms with Crippen LogP contribution >= 0.6 is 0 Å². The summed E-state index contributed by atoms with van der Waals surface area (Å²) in [6.07, 6.45) is 2.28. The van der Waals surface area contributed by atoms with Gasteiger partial charge in [-0.3, -0.25) is 9.69 Å². The van der Waals surface area contributed by atoms with E-state index in [1.807, 2.05) is 24.3 Å². The molecule has 0 saturated carbocycles. The largest absolute Gasteiger partial charge is 0.481 e. The molecule has 0 amide bonds. The van der Waals surface area contributed by atoms with Crippen LogP contribution in [0.1, 0.15) is 30.4 Å². The van der Waals surface area contributed by atoms with Crippen LogP contribution in [0.2, 0.25) is 0 Å². The summed E-state index contributed by atoms with van der Waals surface area (Å²) >= 11 is 0. The lowest BCUT2D eigenvalue weighted by Crippen LogP contribution is -2.46. The number of nitrogens with zero attached hydrogens (tertiary/aromatic N) is 3. The first kappa shape index (κ1) is 20.9. The van der Waals surface area contributed by atoms with E-state index in [4.69, 9.17) is 10.3 Å². The molecule has 1 aliphatic heterocycles. The number of hydrogen-bond donors (Lipinski definition) is 2. The summed E-state index contributed by atoms with van der Waals surface area (Å²) in [6, 6.07) is 18.5. The maximum Gasteiger partial charge on any atom is 0.303 e. The first-order valence-electron chi connectivity index (χ1n) is 10.2. The van der Waals surface area contributed by atoms with Gasteiger partial charge < -0.3 is 15.2 Å². The lowest BCUT2D eigenvalue weighted by molar-refractivity contribution is -0.136. The van der Waals surface area contributed by atoms with E-state index in [-0.39, 0.29) is 12.8 Å². The van der Waals surface area contributed by atoms with Crippen molar-refractivity contribution in [2.24, 2.45) is 5.16 Å². The number of para-hydroxylation sites is 1. The molecule has 0 radical (unpaired) electrons. The average molecular weight is 396 g/mol. The fraction of sp³-hybridized carbons (Fsp3) is 0.391. The molecule has 0 bridgehead atoms. The third-order valence-electron chi connectivity index (χ3n) is 5.42. The van der Waals surface area contributed by atoms with Gasteiger partial charge >= 0.3 is 5.97 Å². The van der Waals surface area contributed by atoms with E-state index in [1.54, 1.807) is 0 Å². The van der Waals surface area contributed by atoms with E-state index in [1.165, 1.54) is 11.3 Å². The molecule has 0 aromatic heterocycles. The Morgan fingerprint density at radius 3 is 2.24 bits per heavy atom. The van der Waals surface area contributed by atoms with Gasteiger partial charge in [0, 0.05) is 38.3 Å². The molecule has 3 rings (SSSR count). The van der Waals surface area contributed by atoms with Crippen LogP contribution in [0.15, 0.2) is 59.8 Å². The first-order chi connectivity index (χ1) is 14.2. The highest BCUT2D eigenvalue weighted by molar-refractivity contribution is 6.01. The molecule has 0 atom stereocenters. The second kappa shape index (κ2) is 10.6. The molecular formula is C23H29N3O3. The number of carboxylic acids is 1.